The Kier molecular flexibility index (Phi) is 9.02. The van der Waals surface area contributed by atoms with Crippen LogP contribution in [0, 0.1) is 0 Å². The highest BCUT2D eigenvalue weighted by Gasteiger charge is 2.17. The summed E-state index contributed by atoms with van der Waals surface area (Å²) >= 11 is 0. The molecule has 0 aliphatic carbocycles. The molecule has 272 valence electrons. The van der Waals surface area contributed by atoms with Crippen LogP contribution in [0.1, 0.15) is 0 Å². The first-order chi connectivity index (χ1) is 28.7. The van der Waals surface area contributed by atoms with Crippen molar-refractivity contribution in [3.8, 4) is 90.6 Å². The average Bonchev–Trinajstić information content (AvgIpc) is 3.32. The number of hydrogen-bond donors (Lipinski definition) is 0. The second-order valence-electron chi connectivity index (χ2n) is 13.7. The summed E-state index contributed by atoms with van der Waals surface area (Å²) in [6, 6.07) is 57.7. The van der Waals surface area contributed by atoms with Crippen LogP contribution in [0.4, 0.5) is 0 Å². The van der Waals surface area contributed by atoms with Gasteiger partial charge in [-0.25, -0.2) is 39.9 Å². The molecule has 0 unspecified atom stereocenters. The molecule has 10 aromatic rings. The zero-order valence-electron chi connectivity index (χ0n) is 31.1. The van der Waals surface area contributed by atoms with Crippen molar-refractivity contribution in [1.82, 2.24) is 39.9 Å². The molecule has 58 heavy (non-hydrogen) atoms. The van der Waals surface area contributed by atoms with Crippen molar-refractivity contribution in [2.75, 3.05) is 0 Å². The average molecular weight is 745 g/mol. The van der Waals surface area contributed by atoms with Crippen molar-refractivity contribution in [2.24, 2.45) is 0 Å². The number of rotatable bonds is 8. The number of aromatic nitrogens is 8. The lowest BCUT2D eigenvalue weighted by Crippen LogP contribution is -2.00. The van der Waals surface area contributed by atoms with Gasteiger partial charge in [0.1, 0.15) is 11.4 Å². The topological polar surface area (TPSA) is 103 Å². The molecule has 0 spiro atoms. The molecule has 0 radical (unpaired) electrons. The van der Waals surface area contributed by atoms with Gasteiger partial charge >= 0.3 is 0 Å². The molecular formula is C50H32N8. The lowest BCUT2D eigenvalue weighted by atomic mass is 9.93. The summed E-state index contributed by atoms with van der Waals surface area (Å²) in [5.74, 6) is 2.92. The van der Waals surface area contributed by atoms with E-state index in [1.807, 2.05) is 48.5 Å². The third-order valence-electron chi connectivity index (χ3n) is 10.0. The molecule has 0 amide bonds. The van der Waals surface area contributed by atoms with Crippen LogP contribution in [0.25, 0.3) is 101 Å². The Hall–Kier alpha value is -8.10. The minimum absolute atomic E-state index is 0.534. The van der Waals surface area contributed by atoms with Gasteiger partial charge in [-0.2, -0.15) is 0 Å². The number of benzene rings is 6. The monoisotopic (exact) mass is 744 g/mol. The van der Waals surface area contributed by atoms with E-state index in [2.05, 4.69) is 129 Å². The normalized spacial score (nSPS) is 11.1. The number of fused-ring (bicyclic) bond motifs is 1. The molecule has 0 aliphatic rings. The van der Waals surface area contributed by atoms with Crippen LogP contribution in [-0.2, 0) is 0 Å². The Labute approximate surface area is 334 Å². The standard InChI is InChI=1S/C50H32N8/c1-3-11-33(12-4-1)34-19-23-38(24-20-34)47-56-46(37-13-5-2-6-14-37)57-48(58-47)43-26-25-40(41-15-7-8-16-42(41)43)36-21-17-35(18-22-36)39-31-44(49-51-27-9-28-52-49)55-45(32-39)50-53-29-10-30-54-50/h1-32H. The minimum atomic E-state index is 0.534. The molecule has 0 aliphatic heterocycles. The zero-order chi connectivity index (χ0) is 38.7. The molecule has 8 heteroatoms. The maximum atomic E-state index is 5.11. The molecule has 6 aromatic carbocycles. The van der Waals surface area contributed by atoms with Gasteiger partial charge in [-0.15, -0.1) is 0 Å². The summed E-state index contributed by atoms with van der Waals surface area (Å²) in [5.41, 5.74) is 10.5. The van der Waals surface area contributed by atoms with E-state index in [9.17, 15) is 0 Å². The Morgan fingerprint density at radius 2 is 0.638 bits per heavy atom. The van der Waals surface area contributed by atoms with Gasteiger partial charge < -0.3 is 0 Å². The summed E-state index contributed by atoms with van der Waals surface area (Å²) in [4.78, 5) is 37.8. The molecule has 0 saturated heterocycles. The van der Waals surface area contributed by atoms with Crippen LogP contribution >= 0.6 is 0 Å². The molecule has 4 heterocycles. The van der Waals surface area contributed by atoms with Gasteiger partial charge in [0, 0.05) is 41.5 Å². The third kappa shape index (κ3) is 6.86. The van der Waals surface area contributed by atoms with Gasteiger partial charge in [-0.05, 0) is 74.5 Å². The molecule has 8 nitrogen and oxygen atoms in total. The van der Waals surface area contributed by atoms with E-state index in [0.717, 1.165) is 60.8 Å². The van der Waals surface area contributed by atoms with Crippen LogP contribution in [0.5, 0.6) is 0 Å². The van der Waals surface area contributed by atoms with Gasteiger partial charge in [-0.1, -0.05) is 140 Å². The lowest BCUT2D eigenvalue weighted by molar-refractivity contribution is 1.08. The first-order valence-electron chi connectivity index (χ1n) is 18.9. The molecular weight excluding hydrogens is 713 g/mol. The maximum Gasteiger partial charge on any atom is 0.178 e. The molecule has 4 aromatic heterocycles. The van der Waals surface area contributed by atoms with Crippen LogP contribution in [0.15, 0.2) is 195 Å². The fourth-order valence-electron chi connectivity index (χ4n) is 7.16. The van der Waals surface area contributed by atoms with E-state index in [1.165, 1.54) is 0 Å². The minimum Gasteiger partial charge on any atom is -0.241 e. The Morgan fingerprint density at radius 1 is 0.241 bits per heavy atom. The van der Waals surface area contributed by atoms with Crippen LogP contribution < -0.4 is 0 Å². The van der Waals surface area contributed by atoms with E-state index in [4.69, 9.17) is 19.9 Å². The van der Waals surface area contributed by atoms with Crippen molar-refractivity contribution in [1.29, 1.82) is 0 Å². The summed E-state index contributed by atoms with van der Waals surface area (Å²) < 4.78 is 0. The second kappa shape index (κ2) is 15.2. The Morgan fingerprint density at radius 3 is 1.21 bits per heavy atom. The fourth-order valence-corrected chi connectivity index (χ4v) is 7.16. The predicted octanol–water partition coefficient (Wildman–Crippen LogP) is 11.3. The van der Waals surface area contributed by atoms with E-state index < -0.39 is 0 Å². The molecule has 0 atom stereocenters. The predicted molar refractivity (Wildman–Crippen MR) is 230 cm³/mol. The van der Waals surface area contributed by atoms with Crippen LogP contribution in [0.3, 0.4) is 0 Å². The summed E-state index contributed by atoms with van der Waals surface area (Å²) in [6.45, 7) is 0. The fraction of sp³-hybridized carbons (Fsp3) is 0. The van der Waals surface area contributed by atoms with Gasteiger partial charge in [-0.3, -0.25) is 0 Å². The largest absolute Gasteiger partial charge is 0.241 e. The highest BCUT2D eigenvalue weighted by atomic mass is 15.0. The van der Waals surface area contributed by atoms with E-state index >= 15 is 0 Å². The van der Waals surface area contributed by atoms with Gasteiger partial charge in [0.25, 0.3) is 0 Å². The first kappa shape index (κ1) is 34.4. The number of hydrogen-bond acceptors (Lipinski definition) is 8. The Balaban J connectivity index is 1.04. The van der Waals surface area contributed by atoms with Crippen molar-refractivity contribution >= 4 is 10.8 Å². The molecule has 0 fully saturated rings. The smallest absolute Gasteiger partial charge is 0.178 e. The van der Waals surface area contributed by atoms with Crippen molar-refractivity contribution in [2.45, 2.75) is 0 Å². The second-order valence-corrected chi connectivity index (χ2v) is 13.7. The van der Waals surface area contributed by atoms with Crippen molar-refractivity contribution in [3.63, 3.8) is 0 Å². The number of pyridine rings is 1. The van der Waals surface area contributed by atoms with E-state index in [-0.39, 0.29) is 0 Å². The van der Waals surface area contributed by atoms with Crippen LogP contribution in [0.2, 0.25) is 0 Å². The number of nitrogens with zero attached hydrogens (tertiary/aromatic N) is 8. The summed E-state index contributed by atoms with van der Waals surface area (Å²) in [5, 5.41) is 2.15. The SMILES string of the molecule is c1ccc(-c2ccc(-c3nc(-c4ccccc4)nc(-c4ccc(-c5ccc(-c6cc(-c7ncccn7)nc(-c7ncccn7)c6)cc5)c5ccccc45)n3)cc2)cc1. The quantitative estimate of drug-likeness (QED) is 0.151. The first-order valence-corrected chi connectivity index (χ1v) is 18.9. The molecule has 0 N–H and O–H groups in total. The Bertz CT molecular complexity index is 2960. The van der Waals surface area contributed by atoms with Gasteiger partial charge in [0.05, 0.1) is 0 Å². The highest BCUT2D eigenvalue weighted by molar-refractivity contribution is 6.04. The summed E-state index contributed by atoms with van der Waals surface area (Å²) in [7, 11) is 0. The summed E-state index contributed by atoms with van der Waals surface area (Å²) in [6.07, 6.45) is 6.86. The maximum absolute atomic E-state index is 5.11. The van der Waals surface area contributed by atoms with Gasteiger partial charge in [0.15, 0.2) is 29.1 Å². The van der Waals surface area contributed by atoms with Crippen molar-refractivity contribution < 1.29 is 0 Å². The van der Waals surface area contributed by atoms with E-state index in [0.29, 0.717) is 40.5 Å². The van der Waals surface area contributed by atoms with Crippen LogP contribution in [-0.4, -0.2) is 39.9 Å². The molecule has 0 saturated carbocycles. The van der Waals surface area contributed by atoms with Crippen molar-refractivity contribution in [3.05, 3.63) is 195 Å². The molecule has 10 rings (SSSR count). The zero-order valence-corrected chi connectivity index (χ0v) is 31.1. The van der Waals surface area contributed by atoms with E-state index in [1.54, 1.807) is 36.9 Å². The lowest BCUT2D eigenvalue weighted by Gasteiger charge is -2.14. The highest BCUT2D eigenvalue weighted by Crippen LogP contribution is 2.37. The molecule has 0 bridgehead atoms. The third-order valence-corrected chi connectivity index (χ3v) is 10.0. The van der Waals surface area contributed by atoms with Gasteiger partial charge in [0.2, 0.25) is 0 Å².